The number of ether oxygens (including phenoxy) is 1. The fourth-order valence-corrected chi connectivity index (χ4v) is 6.15. The SMILES string of the molecule is Cc1nc2ccc(OCC(O)CN3CCN(CC(=O)Nc4nc5c(Cl)cccc5s4)CC3)cc2s1. The van der Waals surface area contributed by atoms with Crippen LogP contribution in [0.5, 0.6) is 5.75 Å². The second kappa shape index (κ2) is 10.7. The number of aliphatic hydroxyl groups is 1. The molecule has 184 valence electrons. The monoisotopic (exact) mass is 531 g/mol. The predicted molar refractivity (Wildman–Crippen MR) is 142 cm³/mol. The summed E-state index contributed by atoms with van der Waals surface area (Å²) < 4.78 is 7.84. The molecule has 35 heavy (non-hydrogen) atoms. The number of aromatic nitrogens is 2. The van der Waals surface area contributed by atoms with Crippen molar-refractivity contribution < 1.29 is 14.6 Å². The Labute approximate surface area is 216 Å². The third kappa shape index (κ3) is 6.08. The highest BCUT2D eigenvalue weighted by molar-refractivity contribution is 7.22. The van der Waals surface area contributed by atoms with E-state index in [0.717, 1.165) is 51.9 Å². The number of β-amino-alcohol motifs (C(OH)–C–C–N with tert-alkyl or cyclic N) is 1. The summed E-state index contributed by atoms with van der Waals surface area (Å²) in [4.78, 5) is 25.7. The first-order valence-electron chi connectivity index (χ1n) is 11.4. The summed E-state index contributed by atoms with van der Waals surface area (Å²) in [6, 6.07) is 11.4. The topological polar surface area (TPSA) is 90.8 Å². The Morgan fingerprint density at radius 2 is 1.94 bits per heavy atom. The Morgan fingerprint density at radius 3 is 2.74 bits per heavy atom. The van der Waals surface area contributed by atoms with Crippen molar-refractivity contribution in [2.45, 2.75) is 13.0 Å². The van der Waals surface area contributed by atoms with Gasteiger partial charge in [-0.25, -0.2) is 9.97 Å². The third-order valence-electron chi connectivity index (χ3n) is 5.83. The summed E-state index contributed by atoms with van der Waals surface area (Å²) in [6.07, 6.45) is -0.588. The van der Waals surface area contributed by atoms with Gasteiger partial charge in [-0.3, -0.25) is 14.6 Å². The highest BCUT2D eigenvalue weighted by Crippen LogP contribution is 2.30. The lowest BCUT2D eigenvalue weighted by atomic mass is 10.2. The van der Waals surface area contributed by atoms with Crippen LogP contribution < -0.4 is 10.1 Å². The van der Waals surface area contributed by atoms with Gasteiger partial charge in [0.2, 0.25) is 5.91 Å². The first-order chi connectivity index (χ1) is 16.9. The maximum absolute atomic E-state index is 12.5. The van der Waals surface area contributed by atoms with E-state index in [0.29, 0.717) is 28.8 Å². The molecule has 1 atom stereocenters. The Morgan fingerprint density at radius 1 is 1.14 bits per heavy atom. The average Bonchev–Trinajstić information content (AvgIpc) is 3.41. The van der Waals surface area contributed by atoms with Gasteiger partial charge in [0.15, 0.2) is 5.13 Å². The standard InChI is InChI=1S/C24H26ClN5O3S2/c1-15-26-19-6-5-17(11-21(19)34-15)33-14-16(31)12-29-7-9-30(10-8-29)13-22(32)27-24-28-23-18(25)3-2-4-20(23)35-24/h2-6,11,16,31H,7-10,12-14H2,1H3,(H,27,28,32). The van der Waals surface area contributed by atoms with Crippen molar-refractivity contribution in [3.8, 4) is 5.75 Å². The lowest BCUT2D eigenvalue weighted by Gasteiger charge is -2.35. The molecule has 4 aromatic rings. The van der Waals surface area contributed by atoms with Gasteiger partial charge < -0.3 is 15.2 Å². The van der Waals surface area contributed by atoms with E-state index in [1.54, 1.807) is 17.4 Å². The molecule has 0 radical (unpaired) electrons. The van der Waals surface area contributed by atoms with E-state index in [1.807, 2.05) is 37.3 Å². The number of nitrogens with zero attached hydrogens (tertiary/aromatic N) is 4. The number of amides is 1. The Hall–Kier alpha value is -2.34. The van der Waals surface area contributed by atoms with E-state index in [9.17, 15) is 9.90 Å². The maximum atomic E-state index is 12.5. The number of rotatable bonds is 8. The van der Waals surface area contributed by atoms with Crippen LogP contribution in [0.25, 0.3) is 20.4 Å². The van der Waals surface area contributed by atoms with Gasteiger partial charge in [0.25, 0.3) is 0 Å². The summed E-state index contributed by atoms with van der Waals surface area (Å²) in [5, 5.41) is 15.5. The van der Waals surface area contributed by atoms with Gasteiger partial charge in [-0.05, 0) is 37.3 Å². The molecule has 2 aromatic heterocycles. The molecule has 0 spiro atoms. The van der Waals surface area contributed by atoms with Gasteiger partial charge in [0.1, 0.15) is 24.0 Å². The maximum Gasteiger partial charge on any atom is 0.240 e. The zero-order chi connectivity index (χ0) is 24.4. The minimum atomic E-state index is -0.588. The average molecular weight is 532 g/mol. The number of carbonyl (C=O) groups excluding carboxylic acids is 1. The molecular weight excluding hydrogens is 506 g/mol. The van der Waals surface area contributed by atoms with E-state index in [2.05, 4.69) is 25.1 Å². The molecule has 1 saturated heterocycles. The van der Waals surface area contributed by atoms with Crippen LogP contribution in [-0.4, -0.2) is 82.8 Å². The number of benzene rings is 2. The number of anilines is 1. The molecule has 0 aliphatic carbocycles. The number of fused-ring (bicyclic) bond motifs is 2. The number of thiazole rings is 2. The normalized spacial score (nSPS) is 16.1. The van der Waals surface area contributed by atoms with Crippen LogP contribution in [0.1, 0.15) is 5.01 Å². The molecule has 1 amide bonds. The number of nitrogens with one attached hydrogen (secondary N) is 1. The second-order valence-corrected chi connectivity index (χ2v) is 11.2. The van der Waals surface area contributed by atoms with Gasteiger partial charge >= 0.3 is 0 Å². The molecule has 0 saturated carbocycles. The fourth-order valence-electron chi connectivity index (χ4n) is 4.11. The van der Waals surface area contributed by atoms with E-state index in [4.69, 9.17) is 16.3 Å². The van der Waals surface area contributed by atoms with Crippen molar-refractivity contribution >= 4 is 65.7 Å². The minimum Gasteiger partial charge on any atom is -0.491 e. The number of hydrogen-bond donors (Lipinski definition) is 2. The molecule has 11 heteroatoms. The zero-order valence-electron chi connectivity index (χ0n) is 19.2. The molecule has 1 aliphatic heterocycles. The molecule has 1 aliphatic rings. The van der Waals surface area contributed by atoms with Crippen molar-refractivity contribution in [2.24, 2.45) is 0 Å². The van der Waals surface area contributed by atoms with E-state index in [1.165, 1.54) is 11.3 Å². The number of aryl methyl sites for hydroxylation is 1. The van der Waals surface area contributed by atoms with E-state index in [-0.39, 0.29) is 12.5 Å². The van der Waals surface area contributed by atoms with Gasteiger partial charge in [0.05, 0.1) is 31.5 Å². The van der Waals surface area contributed by atoms with Gasteiger partial charge in [-0.1, -0.05) is 29.0 Å². The molecule has 1 unspecified atom stereocenters. The highest BCUT2D eigenvalue weighted by atomic mass is 35.5. The number of halogens is 1. The molecule has 2 N–H and O–H groups in total. The molecule has 0 bridgehead atoms. The largest absolute Gasteiger partial charge is 0.491 e. The van der Waals surface area contributed by atoms with E-state index >= 15 is 0 Å². The molecular formula is C24H26ClN5O3S2. The molecule has 2 aromatic carbocycles. The number of piperazine rings is 1. The van der Waals surface area contributed by atoms with Crippen molar-refractivity contribution in [3.05, 3.63) is 46.4 Å². The van der Waals surface area contributed by atoms with Crippen molar-refractivity contribution in [2.75, 3.05) is 51.2 Å². The lowest BCUT2D eigenvalue weighted by molar-refractivity contribution is -0.117. The minimum absolute atomic E-state index is 0.0878. The lowest BCUT2D eigenvalue weighted by Crippen LogP contribution is -2.50. The van der Waals surface area contributed by atoms with Gasteiger partial charge in [-0.2, -0.15) is 0 Å². The van der Waals surface area contributed by atoms with Crippen LogP contribution in [0.4, 0.5) is 5.13 Å². The van der Waals surface area contributed by atoms with Crippen molar-refractivity contribution in [3.63, 3.8) is 0 Å². The third-order valence-corrected chi connectivity index (χ3v) is 8.00. The summed E-state index contributed by atoms with van der Waals surface area (Å²) >= 11 is 9.22. The number of hydrogen-bond acceptors (Lipinski definition) is 9. The summed E-state index contributed by atoms with van der Waals surface area (Å²) in [5.74, 6) is 0.654. The first-order valence-corrected chi connectivity index (χ1v) is 13.4. The molecule has 5 rings (SSSR count). The van der Waals surface area contributed by atoms with Crippen LogP contribution >= 0.6 is 34.3 Å². The molecule has 8 nitrogen and oxygen atoms in total. The molecule has 1 fully saturated rings. The highest BCUT2D eigenvalue weighted by Gasteiger charge is 2.21. The summed E-state index contributed by atoms with van der Waals surface area (Å²) in [6.45, 7) is 6.15. The van der Waals surface area contributed by atoms with Gasteiger partial charge in [0, 0.05) is 32.7 Å². The first kappa shape index (κ1) is 24.4. The smallest absolute Gasteiger partial charge is 0.240 e. The van der Waals surface area contributed by atoms with Gasteiger partial charge in [-0.15, -0.1) is 11.3 Å². The second-order valence-electron chi connectivity index (χ2n) is 8.56. The Bertz CT molecular complexity index is 1340. The number of aliphatic hydroxyl groups excluding tert-OH is 1. The Kier molecular flexibility index (Phi) is 7.47. The summed E-state index contributed by atoms with van der Waals surface area (Å²) in [5.41, 5.74) is 1.68. The molecule has 3 heterocycles. The quantitative estimate of drug-likeness (QED) is 0.357. The Balaban J connectivity index is 1.04. The van der Waals surface area contributed by atoms with Crippen molar-refractivity contribution in [1.82, 2.24) is 19.8 Å². The van der Waals surface area contributed by atoms with Crippen molar-refractivity contribution in [1.29, 1.82) is 0 Å². The van der Waals surface area contributed by atoms with Crippen LogP contribution in [-0.2, 0) is 4.79 Å². The van der Waals surface area contributed by atoms with E-state index < -0.39 is 6.10 Å². The van der Waals surface area contributed by atoms with Crippen LogP contribution in [0.2, 0.25) is 5.02 Å². The van der Waals surface area contributed by atoms with Crippen LogP contribution in [0.15, 0.2) is 36.4 Å². The number of para-hydroxylation sites is 1. The fraction of sp³-hybridized carbons (Fsp3) is 0.375. The van der Waals surface area contributed by atoms with Crippen LogP contribution in [0.3, 0.4) is 0 Å². The summed E-state index contributed by atoms with van der Waals surface area (Å²) in [7, 11) is 0. The zero-order valence-corrected chi connectivity index (χ0v) is 21.6. The number of carbonyl (C=O) groups is 1. The van der Waals surface area contributed by atoms with Crippen LogP contribution in [0, 0.1) is 6.92 Å². The predicted octanol–water partition coefficient (Wildman–Crippen LogP) is 3.86.